The molecule has 8 N–H and O–H groups in total. The van der Waals surface area contributed by atoms with Gasteiger partial charge in [0.2, 0.25) is 17.7 Å². The van der Waals surface area contributed by atoms with Crippen molar-refractivity contribution in [1.82, 2.24) is 20.6 Å². The summed E-state index contributed by atoms with van der Waals surface area (Å²) in [5.41, 5.74) is 15.5. The second kappa shape index (κ2) is 10.9. The van der Waals surface area contributed by atoms with Gasteiger partial charge in [0.15, 0.2) is 0 Å². The summed E-state index contributed by atoms with van der Waals surface area (Å²) in [5.74, 6) is -1.17. The second-order valence-corrected chi connectivity index (χ2v) is 8.65. The van der Waals surface area contributed by atoms with Crippen molar-refractivity contribution in [1.29, 1.82) is 0 Å². The number of benzene rings is 2. The molecule has 0 unspecified atom stereocenters. The number of aromatic nitrogens is 2. The summed E-state index contributed by atoms with van der Waals surface area (Å²) in [4.78, 5) is 43.0. The van der Waals surface area contributed by atoms with Crippen molar-refractivity contribution in [3.63, 3.8) is 0 Å². The van der Waals surface area contributed by atoms with Gasteiger partial charge in [0, 0.05) is 53.6 Å². The van der Waals surface area contributed by atoms with Gasteiger partial charge in [-0.25, -0.2) is 0 Å². The molecule has 0 aliphatic heterocycles. The number of fused-ring (bicyclic) bond motifs is 2. The normalized spacial score (nSPS) is 12.9. The van der Waals surface area contributed by atoms with Gasteiger partial charge in [-0.05, 0) is 36.1 Å². The number of carbonyl (C=O) groups excluding carboxylic acids is 3. The van der Waals surface area contributed by atoms with Gasteiger partial charge in [-0.2, -0.15) is 0 Å². The van der Waals surface area contributed by atoms with Crippen molar-refractivity contribution >= 4 is 39.5 Å². The molecule has 0 aliphatic carbocycles. The van der Waals surface area contributed by atoms with Crippen molar-refractivity contribution in [2.45, 2.75) is 37.8 Å². The molecule has 182 valence electrons. The van der Waals surface area contributed by atoms with Crippen molar-refractivity contribution in [3.8, 4) is 0 Å². The third-order valence-corrected chi connectivity index (χ3v) is 6.11. The molecule has 4 aromatic rings. The molecule has 2 heterocycles. The zero-order chi connectivity index (χ0) is 24.8. The van der Waals surface area contributed by atoms with Gasteiger partial charge in [-0.15, -0.1) is 0 Å². The average molecular weight is 475 g/mol. The largest absolute Gasteiger partial charge is 0.368 e. The zero-order valence-electron chi connectivity index (χ0n) is 19.3. The van der Waals surface area contributed by atoms with Gasteiger partial charge in [0.25, 0.3) is 0 Å². The standard InChI is InChI=1S/C26H30N6O3/c27-20(12-16-14-30-21-8-3-1-6-18(16)21)26(35)29-11-5-10-24(33)32-23(25(28)34)13-17-15-31-22-9-4-2-7-19(17)22/h1-4,6-9,14-15,20,23,30-31H,5,10-13,27H2,(H2,28,34)(H,29,35)(H,32,33)/t20-,23-/m1/s1. The Morgan fingerprint density at radius 1 is 0.857 bits per heavy atom. The highest BCUT2D eigenvalue weighted by molar-refractivity contribution is 5.89. The quantitative estimate of drug-likeness (QED) is 0.182. The summed E-state index contributed by atoms with van der Waals surface area (Å²) in [6.45, 7) is 0.303. The maximum absolute atomic E-state index is 12.4. The lowest BCUT2D eigenvalue weighted by Crippen LogP contribution is -2.46. The number of nitrogens with two attached hydrogens (primary N) is 2. The van der Waals surface area contributed by atoms with Crippen LogP contribution in [-0.4, -0.2) is 46.3 Å². The van der Waals surface area contributed by atoms with Crippen LogP contribution in [0.2, 0.25) is 0 Å². The van der Waals surface area contributed by atoms with Gasteiger partial charge < -0.3 is 32.1 Å². The van der Waals surface area contributed by atoms with Crippen LogP contribution in [0.15, 0.2) is 60.9 Å². The number of amides is 3. The van der Waals surface area contributed by atoms with E-state index >= 15 is 0 Å². The molecular weight excluding hydrogens is 444 g/mol. The maximum atomic E-state index is 12.4. The summed E-state index contributed by atoms with van der Waals surface area (Å²) >= 11 is 0. The predicted molar refractivity (Wildman–Crippen MR) is 135 cm³/mol. The van der Waals surface area contributed by atoms with E-state index in [9.17, 15) is 14.4 Å². The van der Waals surface area contributed by atoms with Crippen molar-refractivity contribution in [3.05, 3.63) is 72.1 Å². The number of hydrogen-bond acceptors (Lipinski definition) is 4. The first kappa shape index (κ1) is 24.0. The maximum Gasteiger partial charge on any atom is 0.240 e. The molecular formula is C26H30N6O3. The number of rotatable bonds is 11. The Hall–Kier alpha value is -4.11. The monoisotopic (exact) mass is 474 g/mol. The van der Waals surface area contributed by atoms with E-state index in [0.717, 1.165) is 32.9 Å². The highest BCUT2D eigenvalue weighted by Gasteiger charge is 2.20. The predicted octanol–water partition coefficient (Wildman–Crippen LogP) is 1.63. The van der Waals surface area contributed by atoms with E-state index < -0.39 is 18.0 Å². The van der Waals surface area contributed by atoms with E-state index in [1.54, 1.807) is 0 Å². The minimum Gasteiger partial charge on any atom is -0.368 e. The molecule has 0 spiro atoms. The van der Waals surface area contributed by atoms with Gasteiger partial charge in [0.1, 0.15) is 6.04 Å². The fraction of sp³-hybridized carbons (Fsp3) is 0.269. The van der Waals surface area contributed by atoms with Crippen molar-refractivity contribution < 1.29 is 14.4 Å². The van der Waals surface area contributed by atoms with Crippen LogP contribution >= 0.6 is 0 Å². The van der Waals surface area contributed by atoms with Gasteiger partial charge in [-0.3, -0.25) is 14.4 Å². The Morgan fingerprint density at radius 2 is 1.43 bits per heavy atom. The lowest BCUT2D eigenvalue weighted by Gasteiger charge is -2.16. The van der Waals surface area contributed by atoms with E-state index in [1.165, 1.54) is 0 Å². The molecule has 35 heavy (non-hydrogen) atoms. The number of H-pyrrole nitrogens is 2. The third kappa shape index (κ3) is 5.88. The molecule has 9 heteroatoms. The molecule has 2 aromatic carbocycles. The minimum absolute atomic E-state index is 0.148. The summed E-state index contributed by atoms with van der Waals surface area (Å²) in [7, 11) is 0. The number of aromatic amines is 2. The molecule has 3 amide bonds. The average Bonchev–Trinajstić information content (AvgIpc) is 3.45. The minimum atomic E-state index is -0.819. The van der Waals surface area contributed by atoms with Crippen LogP contribution in [0.4, 0.5) is 0 Å². The molecule has 2 aromatic heterocycles. The topological polar surface area (TPSA) is 159 Å². The highest BCUT2D eigenvalue weighted by Crippen LogP contribution is 2.20. The molecule has 0 saturated heterocycles. The molecule has 0 radical (unpaired) electrons. The molecule has 0 aliphatic rings. The van der Waals surface area contributed by atoms with Crippen LogP contribution < -0.4 is 22.1 Å². The first-order valence-corrected chi connectivity index (χ1v) is 11.6. The first-order valence-electron chi connectivity index (χ1n) is 11.6. The Labute approximate surface area is 202 Å². The SMILES string of the molecule is NC(=O)[C@@H](Cc1c[nH]c2ccccc12)NC(=O)CCCNC(=O)[C@H](N)Cc1c[nH]c2ccccc12. The van der Waals surface area contributed by atoms with E-state index in [2.05, 4.69) is 20.6 Å². The van der Waals surface area contributed by atoms with Crippen molar-refractivity contribution in [2.75, 3.05) is 6.54 Å². The number of hydrogen-bond donors (Lipinski definition) is 6. The van der Waals surface area contributed by atoms with E-state index in [0.29, 0.717) is 25.8 Å². The van der Waals surface area contributed by atoms with Gasteiger partial charge >= 0.3 is 0 Å². The number of carbonyl (C=O) groups is 3. The van der Waals surface area contributed by atoms with Crippen molar-refractivity contribution in [2.24, 2.45) is 11.5 Å². The molecule has 0 fully saturated rings. The zero-order valence-corrected chi connectivity index (χ0v) is 19.3. The summed E-state index contributed by atoms with van der Waals surface area (Å²) in [6.07, 6.45) is 4.95. The fourth-order valence-corrected chi connectivity index (χ4v) is 4.23. The van der Waals surface area contributed by atoms with Crippen LogP contribution in [-0.2, 0) is 27.2 Å². The molecule has 0 bridgehead atoms. The van der Waals surface area contributed by atoms with Crippen LogP contribution in [0, 0.1) is 0 Å². The molecule has 4 rings (SSSR count). The Morgan fingerprint density at radius 3 is 2.03 bits per heavy atom. The lowest BCUT2D eigenvalue weighted by atomic mass is 10.0. The smallest absolute Gasteiger partial charge is 0.240 e. The molecule has 2 atom stereocenters. The number of nitrogens with one attached hydrogen (secondary N) is 4. The fourth-order valence-electron chi connectivity index (χ4n) is 4.23. The Bertz CT molecular complexity index is 1340. The van der Waals surface area contributed by atoms with E-state index in [4.69, 9.17) is 11.5 Å². The highest BCUT2D eigenvalue weighted by atomic mass is 16.2. The first-order chi connectivity index (χ1) is 16.9. The number of para-hydroxylation sites is 2. The molecule has 9 nitrogen and oxygen atoms in total. The lowest BCUT2D eigenvalue weighted by molar-refractivity contribution is -0.127. The summed E-state index contributed by atoms with van der Waals surface area (Å²) in [6, 6.07) is 14.1. The van der Waals surface area contributed by atoms with Crippen LogP contribution in [0.25, 0.3) is 21.8 Å². The van der Waals surface area contributed by atoms with Gasteiger partial charge in [0.05, 0.1) is 6.04 Å². The Kier molecular flexibility index (Phi) is 7.47. The van der Waals surface area contributed by atoms with E-state index in [-0.39, 0.29) is 18.2 Å². The Balaban J connectivity index is 1.21. The summed E-state index contributed by atoms with van der Waals surface area (Å²) in [5, 5.41) is 7.52. The van der Waals surface area contributed by atoms with Crippen LogP contribution in [0.3, 0.4) is 0 Å². The van der Waals surface area contributed by atoms with Crippen LogP contribution in [0.5, 0.6) is 0 Å². The number of primary amides is 1. The summed E-state index contributed by atoms with van der Waals surface area (Å²) < 4.78 is 0. The molecule has 0 saturated carbocycles. The van der Waals surface area contributed by atoms with E-state index in [1.807, 2.05) is 60.9 Å². The third-order valence-electron chi connectivity index (χ3n) is 6.11. The van der Waals surface area contributed by atoms with Crippen LogP contribution in [0.1, 0.15) is 24.0 Å². The second-order valence-electron chi connectivity index (χ2n) is 8.65. The van der Waals surface area contributed by atoms with Gasteiger partial charge in [-0.1, -0.05) is 36.4 Å².